The number of carbonyl (C=O) groups is 2. The first-order valence-corrected chi connectivity index (χ1v) is 6.68. The number of aliphatic hydroxyl groups is 1. The number of carboxylic acid groups (broad SMARTS) is 1. The maximum atomic E-state index is 13.1. The first-order valence-electron chi connectivity index (χ1n) is 5.88. The third-order valence-electron chi connectivity index (χ3n) is 3.13. The van der Waals surface area contributed by atoms with Crippen molar-refractivity contribution in [2.24, 2.45) is 0 Å². The van der Waals surface area contributed by atoms with E-state index in [-0.39, 0.29) is 19.4 Å². The monoisotopic (exact) mass is 346 g/mol. The van der Waals surface area contributed by atoms with Gasteiger partial charge in [-0.25, -0.2) is 9.78 Å². The molecule has 1 aromatic rings. The summed E-state index contributed by atoms with van der Waals surface area (Å²) in [6, 6.07) is 0.0764. The zero-order valence-corrected chi connectivity index (χ0v) is 11.9. The lowest BCUT2D eigenvalue weighted by Crippen LogP contribution is -2.41. The number of hydrogen-bond acceptors (Lipinski definition) is 4. The standard InChI is InChI=1S/C12H12BrFN2O4/c13-8-4-15-10(14)1-6(8)2-11(18)16-5-7(17)3-9(16)12(19)20/h1,4,7,9,17H,2-3,5H2,(H,19,20)/t7-,9-/m1/s1. The molecule has 1 saturated heterocycles. The molecule has 0 aliphatic carbocycles. The highest BCUT2D eigenvalue weighted by molar-refractivity contribution is 9.10. The summed E-state index contributed by atoms with van der Waals surface area (Å²) in [5.74, 6) is -2.35. The molecule has 8 heteroatoms. The molecular weight excluding hydrogens is 335 g/mol. The van der Waals surface area contributed by atoms with Crippen molar-refractivity contribution in [3.8, 4) is 0 Å². The average Bonchev–Trinajstić information content (AvgIpc) is 2.76. The SMILES string of the molecule is O=C(O)[C@H]1C[C@@H](O)CN1C(=O)Cc1cc(F)ncc1Br. The maximum absolute atomic E-state index is 13.1. The molecule has 108 valence electrons. The van der Waals surface area contributed by atoms with Crippen molar-refractivity contribution in [1.29, 1.82) is 0 Å². The Morgan fingerprint density at radius 2 is 2.25 bits per heavy atom. The first kappa shape index (κ1) is 14.9. The Kier molecular flexibility index (Phi) is 4.34. The zero-order valence-electron chi connectivity index (χ0n) is 10.3. The van der Waals surface area contributed by atoms with Crippen LogP contribution >= 0.6 is 15.9 Å². The molecule has 20 heavy (non-hydrogen) atoms. The smallest absolute Gasteiger partial charge is 0.326 e. The van der Waals surface area contributed by atoms with Gasteiger partial charge in [0.05, 0.1) is 12.5 Å². The van der Waals surface area contributed by atoms with E-state index in [2.05, 4.69) is 20.9 Å². The zero-order chi connectivity index (χ0) is 14.9. The van der Waals surface area contributed by atoms with Crippen LogP contribution in [0.1, 0.15) is 12.0 Å². The van der Waals surface area contributed by atoms with Crippen molar-refractivity contribution in [3.05, 3.63) is 28.2 Å². The van der Waals surface area contributed by atoms with E-state index in [9.17, 15) is 19.1 Å². The Morgan fingerprint density at radius 3 is 2.90 bits per heavy atom. The van der Waals surface area contributed by atoms with E-state index in [1.807, 2.05) is 0 Å². The summed E-state index contributed by atoms with van der Waals surface area (Å²) in [4.78, 5) is 27.7. The molecule has 1 fully saturated rings. The quantitative estimate of drug-likeness (QED) is 0.781. The van der Waals surface area contributed by atoms with Crippen LogP contribution in [0.3, 0.4) is 0 Å². The second-order valence-corrected chi connectivity index (χ2v) is 5.42. The summed E-state index contributed by atoms with van der Waals surface area (Å²) >= 11 is 3.16. The Morgan fingerprint density at radius 1 is 1.55 bits per heavy atom. The predicted molar refractivity (Wildman–Crippen MR) is 69.4 cm³/mol. The van der Waals surface area contributed by atoms with Crippen molar-refractivity contribution >= 4 is 27.8 Å². The van der Waals surface area contributed by atoms with Crippen molar-refractivity contribution in [2.75, 3.05) is 6.54 Å². The van der Waals surface area contributed by atoms with Gasteiger partial charge in [-0.05, 0) is 27.6 Å². The van der Waals surface area contributed by atoms with Crippen LogP contribution in [0.5, 0.6) is 0 Å². The number of amides is 1. The fourth-order valence-electron chi connectivity index (χ4n) is 2.17. The van der Waals surface area contributed by atoms with Crippen molar-refractivity contribution < 1.29 is 24.2 Å². The summed E-state index contributed by atoms with van der Waals surface area (Å²) in [7, 11) is 0. The second kappa shape index (κ2) is 5.84. The minimum atomic E-state index is -1.16. The number of β-amino-alcohol motifs (C(OH)–C–C–N with tert-alkyl or cyclic N) is 1. The molecule has 0 spiro atoms. The number of aliphatic carboxylic acids is 1. The lowest BCUT2D eigenvalue weighted by molar-refractivity contribution is -0.148. The Bertz CT molecular complexity index is 554. The summed E-state index contributed by atoms with van der Waals surface area (Å²) < 4.78 is 13.5. The Hall–Kier alpha value is -1.54. The summed E-state index contributed by atoms with van der Waals surface area (Å²) in [6.45, 7) is -0.0268. The molecule has 2 N–H and O–H groups in total. The number of carbonyl (C=O) groups excluding carboxylic acids is 1. The van der Waals surface area contributed by atoms with Crippen LogP contribution in [0.4, 0.5) is 4.39 Å². The van der Waals surface area contributed by atoms with Crippen LogP contribution in [0.15, 0.2) is 16.7 Å². The fourth-order valence-corrected chi connectivity index (χ4v) is 2.53. The molecule has 0 aromatic carbocycles. The molecule has 0 unspecified atom stereocenters. The van der Waals surface area contributed by atoms with Crippen LogP contribution < -0.4 is 0 Å². The van der Waals surface area contributed by atoms with Crippen LogP contribution in [0, 0.1) is 5.95 Å². The summed E-state index contributed by atoms with van der Waals surface area (Å²) in [5.41, 5.74) is 0.382. The number of rotatable bonds is 3. The highest BCUT2D eigenvalue weighted by Gasteiger charge is 2.38. The first-order chi connectivity index (χ1) is 9.38. The van der Waals surface area contributed by atoms with Gasteiger partial charge >= 0.3 is 5.97 Å². The lowest BCUT2D eigenvalue weighted by atomic mass is 10.1. The van der Waals surface area contributed by atoms with Gasteiger partial charge in [0.15, 0.2) is 0 Å². The average molecular weight is 347 g/mol. The molecule has 2 heterocycles. The highest BCUT2D eigenvalue weighted by Crippen LogP contribution is 2.22. The molecule has 2 rings (SSSR count). The van der Waals surface area contributed by atoms with Crippen LogP contribution in [0.25, 0.3) is 0 Å². The molecule has 6 nitrogen and oxygen atoms in total. The molecule has 1 amide bonds. The Balaban J connectivity index is 2.15. The van der Waals surface area contributed by atoms with Crippen LogP contribution in [-0.4, -0.2) is 50.7 Å². The third-order valence-corrected chi connectivity index (χ3v) is 3.84. The highest BCUT2D eigenvalue weighted by atomic mass is 79.9. The van der Waals surface area contributed by atoms with Gasteiger partial charge in [-0.15, -0.1) is 0 Å². The molecule has 0 saturated carbocycles. The minimum absolute atomic E-state index is 0.00689. The predicted octanol–water partition coefficient (Wildman–Crippen LogP) is 0.572. The number of pyridine rings is 1. The van der Waals surface area contributed by atoms with Gasteiger partial charge in [0.1, 0.15) is 6.04 Å². The van der Waals surface area contributed by atoms with Gasteiger partial charge in [-0.2, -0.15) is 4.39 Å². The van der Waals surface area contributed by atoms with Crippen molar-refractivity contribution in [2.45, 2.75) is 25.0 Å². The van der Waals surface area contributed by atoms with Gasteiger partial charge < -0.3 is 15.1 Å². The summed E-state index contributed by atoms with van der Waals surface area (Å²) in [6.07, 6.45) is 0.243. The molecule has 1 aromatic heterocycles. The largest absolute Gasteiger partial charge is 0.480 e. The number of aliphatic hydroxyl groups excluding tert-OH is 1. The van der Waals surface area contributed by atoms with Gasteiger partial charge in [0.2, 0.25) is 11.9 Å². The molecule has 1 aliphatic heterocycles. The van der Waals surface area contributed by atoms with Crippen LogP contribution in [-0.2, 0) is 16.0 Å². The van der Waals surface area contributed by atoms with Crippen molar-refractivity contribution in [1.82, 2.24) is 9.88 Å². The topological polar surface area (TPSA) is 90.7 Å². The minimum Gasteiger partial charge on any atom is -0.480 e. The van der Waals surface area contributed by atoms with E-state index in [0.29, 0.717) is 10.0 Å². The molecular formula is C12H12BrFN2O4. The van der Waals surface area contributed by atoms with E-state index in [4.69, 9.17) is 5.11 Å². The van der Waals surface area contributed by atoms with Crippen molar-refractivity contribution in [3.63, 3.8) is 0 Å². The molecule has 0 bridgehead atoms. The second-order valence-electron chi connectivity index (χ2n) is 4.56. The number of nitrogens with zero attached hydrogens (tertiary/aromatic N) is 2. The third kappa shape index (κ3) is 3.13. The Labute approximate surface area is 122 Å². The lowest BCUT2D eigenvalue weighted by Gasteiger charge is -2.21. The van der Waals surface area contributed by atoms with Gasteiger partial charge in [-0.3, -0.25) is 4.79 Å². The van der Waals surface area contributed by atoms with Gasteiger partial charge in [-0.1, -0.05) is 0 Å². The normalized spacial score (nSPS) is 22.1. The summed E-state index contributed by atoms with van der Waals surface area (Å²) in [5, 5.41) is 18.5. The fraction of sp³-hybridized carbons (Fsp3) is 0.417. The van der Waals surface area contributed by atoms with E-state index < -0.39 is 30.0 Å². The number of carboxylic acids is 1. The number of aromatic nitrogens is 1. The van der Waals surface area contributed by atoms with E-state index in [1.54, 1.807) is 0 Å². The number of halogens is 2. The van der Waals surface area contributed by atoms with E-state index >= 15 is 0 Å². The maximum Gasteiger partial charge on any atom is 0.326 e. The van der Waals surface area contributed by atoms with Gasteiger partial charge in [0, 0.05) is 23.6 Å². The molecule has 0 radical (unpaired) electrons. The number of hydrogen-bond donors (Lipinski definition) is 2. The van der Waals surface area contributed by atoms with Crippen LogP contribution in [0.2, 0.25) is 0 Å². The molecule has 2 atom stereocenters. The number of likely N-dealkylation sites (tertiary alicyclic amines) is 1. The molecule has 1 aliphatic rings. The van der Waals surface area contributed by atoms with E-state index in [0.717, 1.165) is 11.0 Å². The van der Waals surface area contributed by atoms with Gasteiger partial charge in [0.25, 0.3) is 0 Å². The van der Waals surface area contributed by atoms with E-state index in [1.165, 1.54) is 6.20 Å².